The number of rotatable bonds is 3. The molecule has 0 unspecified atom stereocenters. The molecule has 0 fully saturated rings. The Hall–Kier alpha value is -6.78. The van der Waals surface area contributed by atoms with E-state index in [0.717, 1.165) is 44.3 Å². The molecule has 232 valence electrons. The Morgan fingerprint density at radius 2 is 0.920 bits per heavy atom. The van der Waals surface area contributed by atoms with Gasteiger partial charge >= 0.3 is 0 Å². The van der Waals surface area contributed by atoms with E-state index >= 15 is 0 Å². The zero-order valence-corrected chi connectivity index (χ0v) is 27.0. The Labute approximate surface area is 287 Å². The number of nitrogens with zero attached hydrogens (tertiary/aromatic N) is 4. The second kappa shape index (κ2) is 10.4. The summed E-state index contributed by atoms with van der Waals surface area (Å²) in [4.78, 5) is 10.7. The van der Waals surface area contributed by atoms with Crippen molar-refractivity contribution >= 4 is 76.1 Å². The van der Waals surface area contributed by atoms with Gasteiger partial charge in [-0.1, -0.05) is 140 Å². The van der Waals surface area contributed by atoms with Crippen LogP contribution >= 0.6 is 0 Å². The van der Waals surface area contributed by atoms with E-state index in [4.69, 9.17) is 9.97 Å². The van der Waals surface area contributed by atoms with Gasteiger partial charge in [-0.15, -0.1) is 0 Å². The summed E-state index contributed by atoms with van der Waals surface area (Å²) >= 11 is 0. The predicted molar refractivity (Wildman–Crippen MR) is 209 cm³/mol. The van der Waals surface area contributed by atoms with Crippen LogP contribution in [0.25, 0.3) is 99.0 Å². The highest BCUT2D eigenvalue weighted by atomic mass is 15.2. The van der Waals surface area contributed by atoms with Crippen LogP contribution in [-0.2, 0) is 0 Å². The largest absolute Gasteiger partial charge is 0.309 e. The third kappa shape index (κ3) is 3.76. The van der Waals surface area contributed by atoms with Crippen LogP contribution < -0.4 is 0 Å². The maximum atomic E-state index is 5.39. The van der Waals surface area contributed by atoms with E-state index < -0.39 is 0 Å². The quantitative estimate of drug-likeness (QED) is 0.193. The summed E-state index contributed by atoms with van der Waals surface area (Å²) < 4.78 is 4.76. The Morgan fingerprint density at radius 1 is 0.380 bits per heavy atom. The van der Waals surface area contributed by atoms with Crippen LogP contribution in [0.4, 0.5) is 0 Å². The van der Waals surface area contributed by atoms with Gasteiger partial charge < -0.3 is 4.57 Å². The van der Waals surface area contributed by atoms with Crippen LogP contribution in [0.3, 0.4) is 0 Å². The van der Waals surface area contributed by atoms with Crippen LogP contribution in [-0.4, -0.2) is 19.1 Å². The highest BCUT2D eigenvalue weighted by Crippen LogP contribution is 2.47. The normalized spacial score (nSPS) is 12.0. The van der Waals surface area contributed by atoms with Gasteiger partial charge in [0.05, 0.1) is 33.3 Å². The molecule has 0 radical (unpaired) electrons. The zero-order valence-electron chi connectivity index (χ0n) is 27.0. The number of hydrogen-bond acceptors (Lipinski definition) is 2. The molecule has 11 aromatic rings. The minimum absolute atomic E-state index is 0.663. The lowest BCUT2D eigenvalue weighted by molar-refractivity contribution is 1.02. The molecule has 8 aromatic carbocycles. The molecule has 0 aliphatic heterocycles. The molecule has 0 spiro atoms. The molecular weight excluding hydrogens is 609 g/mol. The van der Waals surface area contributed by atoms with Crippen molar-refractivity contribution in [2.75, 3.05) is 0 Å². The molecule has 11 rings (SSSR count). The van der Waals surface area contributed by atoms with Gasteiger partial charge in [0.2, 0.25) is 5.95 Å². The molecule has 0 aliphatic rings. The molecule has 0 atom stereocenters. The van der Waals surface area contributed by atoms with E-state index in [1.54, 1.807) is 0 Å². The molecule has 3 heterocycles. The minimum Gasteiger partial charge on any atom is -0.309 e. The first kappa shape index (κ1) is 27.2. The predicted octanol–water partition coefficient (Wildman–Crippen LogP) is 11.8. The second-order valence-corrected chi connectivity index (χ2v) is 13.0. The van der Waals surface area contributed by atoms with Crippen molar-refractivity contribution in [1.29, 1.82) is 0 Å². The number of para-hydroxylation sites is 3. The summed E-state index contributed by atoms with van der Waals surface area (Å²) in [5.41, 5.74) is 8.64. The van der Waals surface area contributed by atoms with Gasteiger partial charge in [0.1, 0.15) is 0 Å². The smallest absolute Gasteiger partial charge is 0.235 e. The molecule has 4 nitrogen and oxygen atoms in total. The summed E-state index contributed by atoms with van der Waals surface area (Å²) in [5, 5.41) is 10.7. The van der Waals surface area contributed by atoms with Gasteiger partial charge in [0.25, 0.3) is 0 Å². The average molecular weight is 637 g/mol. The van der Waals surface area contributed by atoms with Crippen LogP contribution in [0.5, 0.6) is 0 Å². The highest BCUT2D eigenvalue weighted by molar-refractivity contribution is 6.37. The van der Waals surface area contributed by atoms with Crippen molar-refractivity contribution in [2.24, 2.45) is 0 Å². The van der Waals surface area contributed by atoms with Crippen molar-refractivity contribution in [3.8, 4) is 22.9 Å². The maximum absolute atomic E-state index is 5.39. The van der Waals surface area contributed by atoms with Crippen LogP contribution in [0, 0.1) is 0 Å². The molecule has 3 aromatic heterocycles. The number of aromatic nitrogens is 4. The maximum Gasteiger partial charge on any atom is 0.235 e. The second-order valence-electron chi connectivity index (χ2n) is 13.0. The van der Waals surface area contributed by atoms with Crippen molar-refractivity contribution in [2.45, 2.75) is 0 Å². The summed E-state index contributed by atoms with van der Waals surface area (Å²) in [5.74, 6) is 0.663. The Bertz CT molecular complexity index is 3150. The summed E-state index contributed by atoms with van der Waals surface area (Å²) in [7, 11) is 0. The molecule has 4 heteroatoms. The third-order valence-corrected chi connectivity index (χ3v) is 10.3. The Balaban J connectivity index is 1.35. The van der Waals surface area contributed by atoms with Crippen LogP contribution in [0.1, 0.15) is 0 Å². The van der Waals surface area contributed by atoms with E-state index in [2.05, 4.69) is 173 Å². The van der Waals surface area contributed by atoms with Gasteiger partial charge in [0, 0.05) is 49.0 Å². The molecule has 0 aliphatic carbocycles. The lowest BCUT2D eigenvalue weighted by Crippen LogP contribution is -2.04. The lowest BCUT2D eigenvalue weighted by Gasteiger charge is -2.14. The van der Waals surface area contributed by atoms with Crippen LogP contribution in [0.2, 0.25) is 0 Å². The standard InChI is InChI=1S/C46H28N4/c1-2-15-30(16-3-1)43-35-20-8-11-23-38(35)47-46(48-43)50-40-25-13-10-22-37(40)42-41-36-21-9-12-24-39(36)49(32-27-26-29-14-4-5-17-31(29)28-32)44(41)33-18-6-7-19-34(33)45(42)50/h1-28H. The summed E-state index contributed by atoms with van der Waals surface area (Å²) in [6.45, 7) is 0. The van der Waals surface area contributed by atoms with Gasteiger partial charge in [-0.05, 0) is 41.1 Å². The van der Waals surface area contributed by atoms with Gasteiger partial charge in [-0.2, -0.15) is 0 Å². The monoisotopic (exact) mass is 636 g/mol. The molecule has 0 saturated heterocycles. The first-order valence-corrected chi connectivity index (χ1v) is 17.0. The zero-order chi connectivity index (χ0) is 32.8. The average Bonchev–Trinajstić information content (AvgIpc) is 3.72. The van der Waals surface area contributed by atoms with E-state index in [9.17, 15) is 0 Å². The van der Waals surface area contributed by atoms with Crippen molar-refractivity contribution in [3.05, 3.63) is 170 Å². The summed E-state index contributed by atoms with van der Waals surface area (Å²) in [6, 6.07) is 60.6. The molecule has 0 N–H and O–H groups in total. The fraction of sp³-hybridized carbons (Fsp3) is 0. The van der Waals surface area contributed by atoms with Crippen LogP contribution in [0.15, 0.2) is 170 Å². The fourth-order valence-electron chi connectivity index (χ4n) is 8.16. The number of fused-ring (bicyclic) bond motifs is 12. The topological polar surface area (TPSA) is 35.6 Å². The number of hydrogen-bond donors (Lipinski definition) is 0. The molecule has 0 saturated carbocycles. The van der Waals surface area contributed by atoms with Crippen molar-refractivity contribution in [1.82, 2.24) is 19.1 Å². The molecule has 0 amide bonds. The molecular formula is C46H28N4. The SMILES string of the molecule is c1ccc(-c2nc(-n3c4ccccc4c4c5c6ccccc6n(-c6ccc7ccccc7c6)c5c5ccccc5c43)nc3ccccc23)cc1. The first-order valence-electron chi connectivity index (χ1n) is 17.0. The number of benzene rings is 8. The fourth-order valence-corrected chi connectivity index (χ4v) is 8.16. The van der Waals surface area contributed by atoms with E-state index in [0.29, 0.717) is 5.95 Å². The van der Waals surface area contributed by atoms with E-state index in [1.165, 1.54) is 48.7 Å². The summed E-state index contributed by atoms with van der Waals surface area (Å²) in [6.07, 6.45) is 0. The van der Waals surface area contributed by atoms with Gasteiger partial charge in [-0.25, -0.2) is 9.97 Å². The van der Waals surface area contributed by atoms with Crippen molar-refractivity contribution < 1.29 is 0 Å². The Morgan fingerprint density at radius 3 is 1.64 bits per heavy atom. The molecule has 0 bridgehead atoms. The first-order chi connectivity index (χ1) is 24.8. The Kier molecular flexibility index (Phi) is 5.63. The van der Waals surface area contributed by atoms with E-state index in [-0.39, 0.29) is 0 Å². The van der Waals surface area contributed by atoms with E-state index in [1.807, 2.05) is 6.07 Å². The highest BCUT2D eigenvalue weighted by Gasteiger charge is 2.25. The van der Waals surface area contributed by atoms with Crippen molar-refractivity contribution in [3.63, 3.8) is 0 Å². The lowest BCUT2D eigenvalue weighted by atomic mass is 9.99. The van der Waals surface area contributed by atoms with Gasteiger partial charge in [0.15, 0.2) is 0 Å². The van der Waals surface area contributed by atoms with Gasteiger partial charge in [-0.3, -0.25) is 4.57 Å². The third-order valence-electron chi connectivity index (χ3n) is 10.3. The minimum atomic E-state index is 0.663. The molecule has 50 heavy (non-hydrogen) atoms.